The van der Waals surface area contributed by atoms with Crippen LogP contribution in [0.15, 0.2) is 334 Å². The van der Waals surface area contributed by atoms with Crippen molar-refractivity contribution in [3.05, 3.63) is 400 Å². The highest BCUT2D eigenvalue weighted by atomic mass is 28.3. The van der Waals surface area contributed by atoms with Crippen molar-refractivity contribution in [2.75, 3.05) is 0 Å². The normalized spacial score (nSPS) is 10.8. The summed E-state index contributed by atoms with van der Waals surface area (Å²) in [5.41, 5.74) is 34.5. The largest absolute Gasteiger partial charge is 0.0776 e. The fourth-order valence-electron chi connectivity index (χ4n) is 12.7. The Labute approximate surface area is 655 Å². The zero-order chi connectivity index (χ0) is 78.1. The quantitative estimate of drug-likeness (QED) is 0.120. The summed E-state index contributed by atoms with van der Waals surface area (Å²) in [6, 6.07) is 120. The lowest BCUT2D eigenvalue weighted by Gasteiger charge is -2.19. The van der Waals surface area contributed by atoms with E-state index in [9.17, 15) is 0 Å². The third-order valence-electron chi connectivity index (χ3n) is 19.9. The number of aryl methyl sites for hydroxylation is 11. The summed E-state index contributed by atoms with van der Waals surface area (Å²) in [6.45, 7) is 47.3. The van der Waals surface area contributed by atoms with E-state index in [-0.39, 0.29) is 0 Å². The summed E-state index contributed by atoms with van der Waals surface area (Å²) in [6.07, 6.45) is 0. The van der Waals surface area contributed by atoms with Crippen molar-refractivity contribution in [3.8, 4) is 77.9 Å². The monoisotopic (exact) mass is 1460 g/mol. The van der Waals surface area contributed by atoms with Crippen LogP contribution in [0.4, 0.5) is 0 Å². The van der Waals surface area contributed by atoms with Gasteiger partial charge in [0, 0.05) is 0 Å². The van der Waals surface area contributed by atoms with Gasteiger partial charge in [-0.25, -0.2) is 0 Å². The van der Waals surface area contributed by atoms with Gasteiger partial charge in [-0.1, -0.05) is 436 Å². The minimum absolute atomic E-state index is 1.17. The molecular weight excluding hydrogens is 1350 g/mol. The molecule has 0 spiro atoms. The van der Waals surface area contributed by atoms with Crippen LogP contribution < -0.4 is 15.6 Å². The average molecular weight is 1460 g/mol. The second-order valence-corrected chi connectivity index (χ2v) is 47.5. The Balaban J connectivity index is 0.000000159. The van der Waals surface area contributed by atoms with Gasteiger partial charge in [-0.05, 0) is 200 Å². The van der Waals surface area contributed by atoms with Gasteiger partial charge in [0.1, 0.15) is 0 Å². The Kier molecular flexibility index (Phi) is 30.5. The van der Waals surface area contributed by atoms with E-state index in [1.165, 1.54) is 160 Å². The van der Waals surface area contributed by atoms with Crippen molar-refractivity contribution in [2.24, 2.45) is 0 Å². The molecule has 550 valence electrons. The molecule has 3 heteroatoms. The molecule has 0 bridgehead atoms. The summed E-state index contributed by atoms with van der Waals surface area (Å²) < 4.78 is 0. The molecule has 0 atom stereocenters. The molecule has 0 radical (unpaired) electrons. The van der Waals surface area contributed by atoms with Crippen molar-refractivity contribution in [1.29, 1.82) is 0 Å². The molecule has 14 aromatic carbocycles. The van der Waals surface area contributed by atoms with Crippen LogP contribution in [-0.2, 0) is 0 Å². The maximum absolute atomic E-state index is 2.40. The molecule has 0 aliphatic heterocycles. The van der Waals surface area contributed by atoms with Gasteiger partial charge in [0.25, 0.3) is 0 Å². The van der Waals surface area contributed by atoms with E-state index in [1.54, 1.807) is 0 Å². The molecule has 0 N–H and O–H groups in total. The highest BCUT2D eigenvalue weighted by Gasteiger charge is 2.19. The van der Waals surface area contributed by atoms with E-state index in [2.05, 4.69) is 464 Å². The van der Waals surface area contributed by atoms with Gasteiger partial charge in [0.2, 0.25) is 0 Å². The maximum Gasteiger partial charge on any atom is 0.0776 e. The average Bonchev–Trinajstić information content (AvgIpc) is 0.851. The molecule has 14 aromatic rings. The predicted octanol–water partition coefficient (Wildman–Crippen LogP) is 28.8. The Morgan fingerprint density at radius 1 is 0.148 bits per heavy atom. The number of benzene rings is 14. The first-order chi connectivity index (χ1) is 51.4. The molecule has 0 heterocycles. The molecule has 0 aromatic heterocycles. The fourth-order valence-corrected chi connectivity index (χ4v) is 16.2. The first kappa shape index (κ1) is 83.4. The first-order valence-electron chi connectivity index (χ1n) is 38.4. The molecule has 0 aliphatic rings. The van der Waals surface area contributed by atoms with Gasteiger partial charge >= 0.3 is 0 Å². The standard InChI is InChI=1S/3C16H20Si.C15H16.3C14H14/c1-13-5-7-14(8-6-13)15-9-11-16(12-10-15)17(2,3)4;1-13-6-5-7-15(12-13)14-8-10-16(11-9-14)17(2,3)4;1-13-10-11-15(17(2,3)4)12-16(13)14-8-6-5-7-9-14;1-11-9-15(10-12(2)13(11)3)14-7-5-4-6-8-14;1-11-8-12(2)10-14(9-11)13-6-4-3-5-7-13;1-11-8-9-14(10-12(11)2)13-6-4-3-5-7-13;1-11-8-9-12(2)14(10-11)13-6-4-3-5-7-13/h3*5-12H,1-4H3;4-10H,1-3H3;3*3-10H,1-2H3. The zero-order valence-corrected chi connectivity index (χ0v) is 71.8. The van der Waals surface area contributed by atoms with E-state index < -0.39 is 24.2 Å². The van der Waals surface area contributed by atoms with Crippen LogP contribution in [0.5, 0.6) is 0 Å². The lowest BCUT2D eigenvalue weighted by molar-refractivity contribution is 1.27. The molecule has 0 nitrogen and oxygen atoms in total. The van der Waals surface area contributed by atoms with Crippen LogP contribution in [0.2, 0.25) is 58.9 Å². The molecule has 0 saturated carbocycles. The van der Waals surface area contributed by atoms with Gasteiger partial charge in [-0.3, -0.25) is 0 Å². The van der Waals surface area contributed by atoms with E-state index in [0.29, 0.717) is 0 Å². The molecule has 0 amide bonds. The Morgan fingerprint density at radius 2 is 0.426 bits per heavy atom. The second kappa shape index (κ2) is 39.5. The van der Waals surface area contributed by atoms with Crippen LogP contribution in [0.3, 0.4) is 0 Å². The fraction of sp³-hybridized carbons (Fsp3) is 0.200. The number of rotatable bonds is 10. The predicted molar refractivity (Wildman–Crippen MR) is 489 cm³/mol. The molecule has 0 unspecified atom stereocenters. The minimum Gasteiger partial charge on any atom is -0.0656 e. The highest BCUT2D eigenvalue weighted by Crippen LogP contribution is 2.29. The third-order valence-corrected chi connectivity index (χ3v) is 26.1. The van der Waals surface area contributed by atoms with Crippen molar-refractivity contribution in [1.82, 2.24) is 0 Å². The molecule has 0 aliphatic carbocycles. The third kappa shape index (κ3) is 25.7. The summed E-state index contributed by atoms with van der Waals surface area (Å²) in [5, 5.41) is 4.57. The van der Waals surface area contributed by atoms with Crippen LogP contribution in [0, 0.1) is 83.1 Å². The molecule has 0 saturated heterocycles. The van der Waals surface area contributed by atoms with Crippen molar-refractivity contribution >= 4 is 39.8 Å². The van der Waals surface area contributed by atoms with Crippen LogP contribution >= 0.6 is 0 Å². The van der Waals surface area contributed by atoms with Crippen molar-refractivity contribution < 1.29 is 0 Å². The lowest BCUT2D eigenvalue weighted by Crippen LogP contribution is -2.37. The Hall–Kier alpha value is -10.3. The number of hydrogen-bond donors (Lipinski definition) is 0. The summed E-state index contributed by atoms with van der Waals surface area (Å²) >= 11 is 0. The van der Waals surface area contributed by atoms with Crippen molar-refractivity contribution in [3.63, 3.8) is 0 Å². The minimum atomic E-state index is -1.22. The van der Waals surface area contributed by atoms with Gasteiger partial charge < -0.3 is 0 Å². The highest BCUT2D eigenvalue weighted by molar-refractivity contribution is 6.89. The molecule has 14 rings (SSSR count). The molecule has 108 heavy (non-hydrogen) atoms. The van der Waals surface area contributed by atoms with Gasteiger partial charge in [-0.2, -0.15) is 0 Å². The number of hydrogen-bond acceptors (Lipinski definition) is 0. The lowest BCUT2D eigenvalue weighted by atomic mass is 9.97. The van der Waals surface area contributed by atoms with Crippen molar-refractivity contribution in [2.45, 2.75) is 142 Å². The van der Waals surface area contributed by atoms with Gasteiger partial charge in [-0.15, -0.1) is 0 Å². The van der Waals surface area contributed by atoms with E-state index >= 15 is 0 Å². The first-order valence-corrected chi connectivity index (χ1v) is 48.9. The summed E-state index contributed by atoms with van der Waals surface area (Å²) in [5.74, 6) is 0. The molecule has 0 fully saturated rings. The summed E-state index contributed by atoms with van der Waals surface area (Å²) in [7, 11) is -3.55. The van der Waals surface area contributed by atoms with Gasteiger partial charge in [0.05, 0.1) is 24.2 Å². The maximum atomic E-state index is 2.40. The van der Waals surface area contributed by atoms with Crippen LogP contribution in [0.25, 0.3) is 77.9 Å². The second-order valence-electron chi connectivity index (χ2n) is 32.2. The summed E-state index contributed by atoms with van der Waals surface area (Å²) in [4.78, 5) is 0. The van der Waals surface area contributed by atoms with E-state index in [1.807, 2.05) is 12.1 Å². The Morgan fingerprint density at radius 3 is 0.833 bits per heavy atom. The van der Waals surface area contributed by atoms with E-state index in [0.717, 1.165) is 0 Å². The smallest absolute Gasteiger partial charge is 0.0656 e. The van der Waals surface area contributed by atoms with Crippen LogP contribution in [0.1, 0.15) is 66.8 Å². The molecular formula is C105H118Si3. The van der Waals surface area contributed by atoms with Gasteiger partial charge in [0.15, 0.2) is 0 Å². The zero-order valence-electron chi connectivity index (χ0n) is 68.8. The topological polar surface area (TPSA) is 0 Å². The SMILES string of the molecule is Cc1cc(-c2ccccc2)cc(C)c1C.Cc1cc(C)cc(-c2ccccc2)c1.Cc1ccc(-c2ccc([Si](C)(C)C)cc2)cc1.Cc1ccc(-c2ccccc2)cc1C.Cc1ccc(C)c(-c2ccccc2)c1.Cc1ccc([Si](C)(C)C)cc1-c1ccccc1.Cc1cccc(-c2ccc([Si](C)(C)C)cc2)c1. The Bertz CT molecular complexity index is 5030. The van der Waals surface area contributed by atoms with E-state index in [4.69, 9.17) is 0 Å². The van der Waals surface area contributed by atoms with Crippen LogP contribution in [-0.4, -0.2) is 24.2 Å².